The van der Waals surface area contributed by atoms with Gasteiger partial charge in [-0.1, -0.05) is 44.2 Å². The molecule has 19 heavy (non-hydrogen) atoms. The highest BCUT2D eigenvalue weighted by molar-refractivity contribution is 5.87. The van der Waals surface area contributed by atoms with E-state index in [9.17, 15) is 4.79 Å². The topological polar surface area (TPSA) is 60.9 Å². The van der Waals surface area contributed by atoms with Gasteiger partial charge >= 0.3 is 0 Å². The molecule has 2 aromatic rings. The number of nitrogens with zero attached hydrogens (tertiary/aromatic N) is 2. The molecular weight excluding hydrogens is 238 g/mol. The minimum Gasteiger partial charge on any atom is -0.382 e. The Balaban J connectivity index is 2.42. The number of benzene rings is 1. The lowest BCUT2D eigenvalue weighted by atomic mass is 9.92. The Morgan fingerprint density at radius 2 is 2.05 bits per heavy atom. The van der Waals surface area contributed by atoms with E-state index in [4.69, 9.17) is 5.73 Å². The monoisotopic (exact) mass is 257 g/mol. The van der Waals surface area contributed by atoms with E-state index >= 15 is 0 Å². The number of rotatable bonds is 5. The molecule has 0 aliphatic carbocycles. The SMILES string of the molecule is CCC(C)C(=O)C(c1ccccc1)n1cnc(N)c1. The van der Waals surface area contributed by atoms with Gasteiger partial charge in [0.1, 0.15) is 11.9 Å². The number of hydrogen-bond acceptors (Lipinski definition) is 3. The van der Waals surface area contributed by atoms with Crippen molar-refractivity contribution in [2.45, 2.75) is 26.3 Å². The van der Waals surface area contributed by atoms with Crippen molar-refractivity contribution < 1.29 is 4.79 Å². The molecule has 0 aliphatic rings. The lowest BCUT2D eigenvalue weighted by molar-refractivity contribution is -0.124. The van der Waals surface area contributed by atoms with Gasteiger partial charge in [-0.2, -0.15) is 0 Å². The molecule has 0 bridgehead atoms. The Kier molecular flexibility index (Phi) is 4.00. The summed E-state index contributed by atoms with van der Waals surface area (Å²) in [6, 6.07) is 9.39. The molecule has 0 amide bonds. The smallest absolute Gasteiger partial charge is 0.162 e. The maximum Gasteiger partial charge on any atom is 0.162 e. The van der Waals surface area contributed by atoms with Crippen molar-refractivity contribution in [1.82, 2.24) is 9.55 Å². The number of hydrogen-bond donors (Lipinski definition) is 1. The summed E-state index contributed by atoms with van der Waals surface area (Å²) in [5.74, 6) is 0.623. The largest absolute Gasteiger partial charge is 0.382 e. The first kappa shape index (κ1) is 13.3. The third-order valence-corrected chi connectivity index (χ3v) is 3.40. The third-order valence-electron chi connectivity index (χ3n) is 3.40. The number of Topliss-reactive ketones (excluding diaryl/α,β-unsaturated/α-hetero) is 1. The minimum absolute atomic E-state index is 0.00818. The molecule has 0 radical (unpaired) electrons. The molecular formula is C15H19N3O. The molecule has 100 valence electrons. The van der Waals surface area contributed by atoms with Crippen LogP contribution in [0, 0.1) is 5.92 Å². The molecule has 2 atom stereocenters. The van der Waals surface area contributed by atoms with Crippen LogP contribution in [-0.4, -0.2) is 15.3 Å². The summed E-state index contributed by atoms with van der Waals surface area (Å²) in [7, 11) is 0. The summed E-state index contributed by atoms with van der Waals surface area (Å²) in [5.41, 5.74) is 6.62. The summed E-state index contributed by atoms with van der Waals surface area (Å²) >= 11 is 0. The van der Waals surface area contributed by atoms with Crippen LogP contribution in [0.3, 0.4) is 0 Å². The summed E-state index contributed by atoms with van der Waals surface area (Å²) < 4.78 is 1.79. The van der Waals surface area contributed by atoms with Crippen LogP contribution in [-0.2, 0) is 4.79 Å². The van der Waals surface area contributed by atoms with E-state index in [0.717, 1.165) is 12.0 Å². The second kappa shape index (κ2) is 5.69. The standard InChI is InChI=1S/C15H19N3O/c1-3-11(2)15(19)14(12-7-5-4-6-8-12)18-9-13(16)17-10-18/h4-11,14H,3,16H2,1-2H3. The maximum absolute atomic E-state index is 12.6. The molecule has 0 aliphatic heterocycles. The van der Waals surface area contributed by atoms with Crippen LogP contribution in [0.25, 0.3) is 0 Å². The summed E-state index contributed by atoms with van der Waals surface area (Å²) in [5, 5.41) is 0. The molecule has 1 aromatic carbocycles. The van der Waals surface area contributed by atoms with Crippen molar-refractivity contribution in [2.75, 3.05) is 5.73 Å². The van der Waals surface area contributed by atoms with E-state index in [-0.39, 0.29) is 17.7 Å². The Hall–Kier alpha value is -2.10. The molecule has 1 heterocycles. The number of nitrogens with two attached hydrogens (primary N) is 1. The highest BCUT2D eigenvalue weighted by atomic mass is 16.1. The number of nitrogen functional groups attached to an aromatic ring is 1. The first-order chi connectivity index (χ1) is 9.13. The van der Waals surface area contributed by atoms with E-state index in [0.29, 0.717) is 5.82 Å². The molecule has 2 unspecified atom stereocenters. The van der Waals surface area contributed by atoms with Crippen molar-refractivity contribution >= 4 is 11.6 Å². The van der Waals surface area contributed by atoms with Crippen LogP contribution in [0.5, 0.6) is 0 Å². The van der Waals surface area contributed by atoms with Crippen LogP contribution >= 0.6 is 0 Å². The molecule has 2 rings (SSSR count). The van der Waals surface area contributed by atoms with Gasteiger partial charge in [0.25, 0.3) is 0 Å². The van der Waals surface area contributed by atoms with E-state index in [1.807, 2.05) is 44.2 Å². The van der Waals surface area contributed by atoms with Gasteiger partial charge in [-0.3, -0.25) is 4.79 Å². The maximum atomic E-state index is 12.6. The van der Waals surface area contributed by atoms with Crippen molar-refractivity contribution in [2.24, 2.45) is 5.92 Å². The Morgan fingerprint density at radius 1 is 1.37 bits per heavy atom. The number of ketones is 1. The van der Waals surface area contributed by atoms with Gasteiger partial charge in [-0.05, 0) is 12.0 Å². The minimum atomic E-state index is -0.346. The summed E-state index contributed by atoms with van der Waals surface area (Å²) in [6.45, 7) is 3.98. The summed E-state index contributed by atoms with van der Waals surface area (Å²) in [6.07, 6.45) is 4.15. The normalized spacial score (nSPS) is 14.0. The van der Waals surface area contributed by atoms with E-state index in [1.165, 1.54) is 0 Å². The van der Waals surface area contributed by atoms with Crippen molar-refractivity contribution in [3.8, 4) is 0 Å². The second-order valence-electron chi connectivity index (χ2n) is 4.77. The molecule has 2 N–H and O–H groups in total. The van der Waals surface area contributed by atoms with Crippen LogP contribution in [0.2, 0.25) is 0 Å². The van der Waals surface area contributed by atoms with Gasteiger partial charge in [0.05, 0.1) is 6.33 Å². The van der Waals surface area contributed by atoms with Crippen molar-refractivity contribution in [3.05, 3.63) is 48.4 Å². The Morgan fingerprint density at radius 3 is 2.58 bits per heavy atom. The average molecular weight is 257 g/mol. The van der Waals surface area contributed by atoms with Gasteiger partial charge in [-0.15, -0.1) is 0 Å². The van der Waals surface area contributed by atoms with Crippen LogP contribution in [0.15, 0.2) is 42.9 Å². The third kappa shape index (κ3) is 2.84. The van der Waals surface area contributed by atoms with Crippen LogP contribution in [0.4, 0.5) is 5.82 Å². The highest BCUT2D eigenvalue weighted by Crippen LogP contribution is 2.24. The number of anilines is 1. The molecule has 0 saturated carbocycles. The fraction of sp³-hybridized carbons (Fsp3) is 0.333. The number of imidazole rings is 1. The van der Waals surface area contributed by atoms with E-state index in [2.05, 4.69) is 4.98 Å². The lowest BCUT2D eigenvalue weighted by Gasteiger charge is -2.20. The molecule has 4 heteroatoms. The predicted molar refractivity (Wildman–Crippen MR) is 75.7 cm³/mol. The van der Waals surface area contributed by atoms with Crippen LogP contribution < -0.4 is 5.73 Å². The molecule has 0 fully saturated rings. The Bertz CT molecular complexity index is 548. The first-order valence-electron chi connectivity index (χ1n) is 6.51. The predicted octanol–water partition coefficient (Wildman–Crippen LogP) is 2.67. The number of carbonyl (C=O) groups excluding carboxylic acids is 1. The van der Waals surface area contributed by atoms with Gasteiger partial charge < -0.3 is 10.3 Å². The van der Waals surface area contributed by atoms with E-state index in [1.54, 1.807) is 17.1 Å². The Labute approximate surface area is 113 Å². The quantitative estimate of drug-likeness (QED) is 0.895. The van der Waals surface area contributed by atoms with Gasteiger partial charge in [-0.25, -0.2) is 4.98 Å². The molecule has 0 spiro atoms. The zero-order chi connectivity index (χ0) is 13.8. The fourth-order valence-electron chi connectivity index (χ4n) is 2.08. The van der Waals surface area contributed by atoms with Gasteiger partial charge in [0, 0.05) is 12.1 Å². The lowest BCUT2D eigenvalue weighted by Crippen LogP contribution is -2.25. The average Bonchev–Trinajstić information content (AvgIpc) is 2.85. The van der Waals surface area contributed by atoms with Gasteiger partial charge in [0.15, 0.2) is 5.78 Å². The second-order valence-corrected chi connectivity index (χ2v) is 4.77. The molecule has 1 aromatic heterocycles. The molecule has 0 saturated heterocycles. The van der Waals surface area contributed by atoms with E-state index < -0.39 is 0 Å². The van der Waals surface area contributed by atoms with Crippen molar-refractivity contribution in [1.29, 1.82) is 0 Å². The number of aromatic nitrogens is 2. The fourth-order valence-corrected chi connectivity index (χ4v) is 2.08. The molecule has 4 nitrogen and oxygen atoms in total. The van der Waals surface area contributed by atoms with Crippen molar-refractivity contribution in [3.63, 3.8) is 0 Å². The van der Waals surface area contributed by atoms with Gasteiger partial charge in [0.2, 0.25) is 0 Å². The zero-order valence-electron chi connectivity index (χ0n) is 11.3. The summed E-state index contributed by atoms with van der Waals surface area (Å²) in [4.78, 5) is 16.6. The zero-order valence-corrected chi connectivity index (χ0v) is 11.3. The number of carbonyl (C=O) groups is 1. The highest BCUT2D eigenvalue weighted by Gasteiger charge is 2.25. The first-order valence-corrected chi connectivity index (χ1v) is 6.51. The van der Waals surface area contributed by atoms with Crippen LogP contribution in [0.1, 0.15) is 31.9 Å².